The van der Waals surface area contributed by atoms with Crippen molar-refractivity contribution < 1.29 is 0 Å². The fourth-order valence-electron chi connectivity index (χ4n) is 1.95. The number of nitrogens with one attached hydrogen (secondary N) is 1. The Balaban J connectivity index is 2.25. The van der Waals surface area contributed by atoms with Gasteiger partial charge in [0.2, 0.25) is 0 Å². The fraction of sp³-hybridized carbons (Fsp3) is 1.00. The molecule has 1 rings (SSSR count). The molecule has 0 spiro atoms. The van der Waals surface area contributed by atoms with Crippen molar-refractivity contribution in [1.29, 1.82) is 0 Å². The van der Waals surface area contributed by atoms with Crippen LogP contribution in [0.3, 0.4) is 0 Å². The molecule has 1 aliphatic rings. The van der Waals surface area contributed by atoms with Gasteiger partial charge in [0.05, 0.1) is 0 Å². The standard InChI is InChI=1S/C13H28N2/c1-5-8-15(10-13-6-7-13)12(4)9-14-11(2)3/h11-14H,5-10H2,1-4H3. The van der Waals surface area contributed by atoms with Crippen LogP contribution >= 0.6 is 0 Å². The van der Waals surface area contributed by atoms with E-state index in [9.17, 15) is 0 Å². The highest BCUT2D eigenvalue weighted by atomic mass is 15.2. The Hall–Kier alpha value is -0.0800. The Morgan fingerprint density at radius 1 is 1.27 bits per heavy atom. The molecule has 90 valence electrons. The monoisotopic (exact) mass is 212 g/mol. The minimum absolute atomic E-state index is 0.608. The van der Waals surface area contributed by atoms with E-state index >= 15 is 0 Å². The third-order valence-electron chi connectivity index (χ3n) is 3.15. The highest BCUT2D eigenvalue weighted by Gasteiger charge is 2.25. The second kappa shape index (κ2) is 6.49. The maximum Gasteiger partial charge on any atom is 0.0192 e. The van der Waals surface area contributed by atoms with Gasteiger partial charge in [-0.05, 0) is 38.6 Å². The lowest BCUT2D eigenvalue weighted by molar-refractivity contribution is 0.194. The van der Waals surface area contributed by atoms with Gasteiger partial charge in [-0.3, -0.25) is 4.90 Å². The van der Waals surface area contributed by atoms with Crippen molar-refractivity contribution in [2.75, 3.05) is 19.6 Å². The van der Waals surface area contributed by atoms with Gasteiger partial charge in [-0.25, -0.2) is 0 Å². The SMILES string of the molecule is CCCN(CC1CC1)C(C)CNC(C)C. The van der Waals surface area contributed by atoms with Crippen molar-refractivity contribution in [3.8, 4) is 0 Å². The van der Waals surface area contributed by atoms with Crippen LogP contribution in [0.2, 0.25) is 0 Å². The molecule has 2 heteroatoms. The normalized spacial score (nSPS) is 18.8. The van der Waals surface area contributed by atoms with Crippen LogP contribution in [0.15, 0.2) is 0 Å². The molecular weight excluding hydrogens is 184 g/mol. The van der Waals surface area contributed by atoms with Crippen molar-refractivity contribution in [2.24, 2.45) is 5.92 Å². The quantitative estimate of drug-likeness (QED) is 0.665. The fourth-order valence-corrected chi connectivity index (χ4v) is 1.95. The third kappa shape index (κ3) is 5.53. The van der Waals surface area contributed by atoms with E-state index < -0.39 is 0 Å². The molecule has 0 heterocycles. The second-order valence-electron chi connectivity index (χ2n) is 5.35. The van der Waals surface area contributed by atoms with Crippen LogP contribution in [0.4, 0.5) is 0 Å². The van der Waals surface area contributed by atoms with E-state index in [2.05, 4.69) is 37.9 Å². The first-order chi connectivity index (χ1) is 7.13. The van der Waals surface area contributed by atoms with Crippen LogP contribution in [0, 0.1) is 5.92 Å². The molecule has 0 bridgehead atoms. The van der Waals surface area contributed by atoms with E-state index in [-0.39, 0.29) is 0 Å². The van der Waals surface area contributed by atoms with E-state index in [0.717, 1.165) is 12.5 Å². The lowest BCUT2D eigenvalue weighted by atomic mass is 10.2. The number of hydrogen-bond acceptors (Lipinski definition) is 2. The van der Waals surface area contributed by atoms with Crippen LogP contribution in [0.1, 0.15) is 47.0 Å². The Bertz CT molecular complexity index is 164. The van der Waals surface area contributed by atoms with E-state index in [1.165, 1.54) is 32.4 Å². The molecule has 0 aromatic heterocycles. The van der Waals surface area contributed by atoms with Crippen molar-refractivity contribution in [2.45, 2.75) is 59.0 Å². The summed E-state index contributed by atoms with van der Waals surface area (Å²) in [4.78, 5) is 2.66. The Kier molecular flexibility index (Phi) is 5.62. The van der Waals surface area contributed by atoms with Crippen LogP contribution < -0.4 is 5.32 Å². The first kappa shape index (κ1) is 13.0. The summed E-state index contributed by atoms with van der Waals surface area (Å²) in [5, 5.41) is 3.54. The molecule has 0 aromatic carbocycles. The van der Waals surface area contributed by atoms with Crippen LogP contribution in [-0.4, -0.2) is 36.6 Å². The van der Waals surface area contributed by atoms with E-state index in [1.54, 1.807) is 0 Å². The van der Waals surface area contributed by atoms with Gasteiger partial charge < -0.3 is 5.32 Å². The Labute approximate surface area is 95.4 Å². The Morgan fingerprint density at radius 3 is 2.40 bits per heavy atom. The lowest BCUT2D eigenvalue weighted by Gasteiger charge is -2.29. The Morgan fingerprint density at radius 2 is 1.93 bits per heavy atom. The highest BCUT2D eigenvalue weighted by Crippen LogP contribution is 2.30. The summed E-state index contributed by atoms with van der Waals surface area (Å²) in [5.41, 5.74) is 0. The van der Waals surface area contributed by atoms with Crippen molar-refractivity contribution >= 4 is 0 Å². The van der Waals surface area contributed by atoms with Crippen LogP contribution in [0.5, 0.6) is 0 Å². The third-order valence-corrected chi connectivity index (χ3v) is 3.15. The summed E-state index contributed by atoms with van der Waals surface area (Å²) in [6.45, 7) is 12.8. The van der Waals surface area contributed by atoms with E-state index in [1.807, 2.05) is 0 Å². The van der Waals surface area contributed by atoms with Crippen molar-refractivity contribution in [3.05, 3.63) is 0 Å². The number of nitrogens with zero attached hydrogens (tertiary/aromatic N) is 1. The predicted molar refractivity (Wildman–Crippen MR) is 67.2 cm³/mol. The van der Waals surface area contributed by atoms with E-state index in [0.29, 0.717) is 12.1 Å². The van der Waals surface area contributed by atoms with Crippen LogP contribution in [0.25, 0.3) is 0 Å². The molecule has 0 saturated heterocycles. The average molecular weight is 212 g/mol. The molecule has 1 aliphatic carbocycles. The number of rotatable bonds is 8. The first-order valence-corrected chi connectivity index (χ1v) is 6.61. The molecule has 1 N–H and O–H groups in total. The maximum atomic E-state index is 3.54. The molecule has 1 unspecified atom stereocenters. The minimum atomic E-state index is 0.608. The zero-order chi connectivity index (χ0) is 11.3. The average Bonchev–Trinajstić information content (AvgIpc) is 2.97. The molecule has 1 fully saturated rings. The predicted octanol–water partition coefficient (Wildman–Crippen LogP) is 2.49. The summed E-state index contributed by atoms with van der Waals surface area (Å²) in [7, 11) is 0. The van der Waals surface area contributed by atoms with Gasteiger partial charge in [0.25, 0.3) is 0 Å². The smallest absolute Gasteiger partial charge is 0.0192 e. The maximum absolute atomic E-state index is 3.54. The van der Waals surface area contributed by atoms with Gasteiger partial charge in [0, 0.05) is 25.2 Å². The highest BCUT2D eigenvalue weighted by molar-refractivity contribution is 4.80. The second-order valence-corrected chi connectivity index (χ2v) is 5.35. The van der Waals surface area contributed by atoms with Crippen molar-refractivity contribution in [1.82, 2.24) is 10.2 Å². The summed E-state index contributed by atoms with van der Waals surface area (Å²) in [6, 6.07) is 1.30. The molecule has 0 aromatic rings. The summed E-state index contributed by atoms with van der Waals surface area (Å²) in [6.07, 6.45) is 4.20. The number of hydrogen-bond donors (Lipinski definition) is 1. The summed E-state index contributed by atoms with van der Waals surface area (Å²) in [5.74, 6) is 1.01. The van der Waals surface area contributed by atoms with Gasteiger partial charge in [-0.1, -0.05) is 20.8 Å². The lowest BCUT2D eigenvalue weighted by Crippen LogP contribution is -2.43. The zero-order valence-corrected chi connectivity index (χ0v) is 10.9. The van der Waals surface area contributed by atoms with Gasteiger partial charge in [0.1, 0.15) is 0 Å². The van der Waals surface area contributed by atoms with E-state index in [4.69, 9.17) is 0 Å². The first-order valence-electron chi connectivity index (χ1n) is 6.61. The zero-order valence-electron chi connectivity index (χ0n) is 10.9. The molecular formula is C13H28N2. The van der Waals surface area contributed by atoms with Crippen LogP contribution in [-0.2, 0) is 0 Å². The van der Waals surface area contributed by atoms with Gasteiger partial charge in [-0.2, -0.15) is 0 Å². The topological polar surface area (TPSA) is 15.3 Å². The van der Waals surface area contributed by atoms with Crippen molar-refractivity contribution in [3.63, 3.8) is 0 Å². The van der Waals surface area contributed by atoms with Gasteiger partial charge in [0.15, 0.2) is 0 Å². The molecule has 0 radical (unpaired) electrons. The largest absolute Gasteiger partial charge is 0.313 e. The molecule has 0 amide bonds. The summed E-state index contributed by atoms with van der Waals surface area (Å²) >= 11 is 0. The summed E-state index contributed by atoms with van der Waals surface area (Å²) < 4.78 is 0. The molecule has 1 atom stereocenters. The molecule has 2 nitrogen and oxygen atoms in total. The minimum Gasteiger partial charge on any atom is -0.313 e. The molecule has 1 saturated carbocycles. The van der Waals surface area contributed by atoms with Gasteiger partial charge >= 0.3 is 0 Å². The molecule has 15 heavy (non-hydrogen) atoms. The molecule has 0 aliphatic heterocycles. The van der Waals surface area contributed by atoms with Gasteiger partial charge in [-0.15, -0.1) is 0 Å².